The fraction of sp³-hybridized carbons (Fsp3) is 0.250. The third-order valence-electron chi connectivity index (χ3n) is 3.30. The Morgan fingerprint density at radius 2 is 2.00 bits per heavy atom. The number of thiophene rings is 1. The van der Waals surface area contributed by atoms with Crippen LogP contribution < -0.4 is 14.8 Å². The molecule has 5 nitrogen and oxygen atoms in total. The highest BCUT2D eigenvalue weighted by molar-refractivity contribution is 7.14. The van der Waals surface area contributed by atoms with E-state index in [1.807, 2.05) is 12.1 Å². The summed E-state index contributed by atoms with van der Waals surface area (Å²) < 4.78 is 10.5. The summed E-state index contributed by atoms with van der Waals surface area (Å²) in [4.78, 5) is 25.2. The van der Waals surface area contributed by atoms with Crippen LogP contribution in [0.3, 0.4) is 0 Å². The molecule has 3 rings (SSSR count). The Labute approximate surface area is 131 Å². The molecule has 1 aromatic heterocycles. The molecule has 2 heterocycles. The third kappa shape index (κ3) is 3.12. The fourth-order valence-electron chi connectivity index (χ4n) is 2.14. The molecule has 0 fully saturated rings. The van der Waals surface area contributed by atoms with Gasteiger partial charge in [-0.25, -0.2) is 0 Å². The predicted octanol–water partition coefficient (Wildman–Crippen LogP) is 2.65. The average molecular weight is 317 g/mol. The van der Waals surface area contributed by atoms with Gasteiger partial charge in [-0.05, 0) is 43.7 Å². The molecule has 114 valence electrons. The van der Waals surface area contributed by atoms with Gasteiger partial charge in [0.15, 0.2) is 17.3 Å². The topological polar surface area (TPSA) is 64.6 Å². The van der Waals surface area contributed by atoms with Gasteiger partial charge in [-0.3, -0.25) is 9.59 Å². The van der Waals surface area contributed by atoms with Crippen LogP contribution in [0.25, 0.3) is 0 Å². The summed E-state index contributed by atoms with van der Waals surface area (Å²) in [5.74, 6) is 1.17. The van der Waals surface area contributed by atoms with Crippen molar-refractivity contribution in [2.24, 2.45) is 0 Å². The molecule has 2 aromatic rings. The Kier molecular flexibility index (Phi) is 4.11. The molecule has 0 radical (unpaired) electrons. The minimum absolute atomic E-state index is 0.0700. The van der Waals surface area contributed by atoms with E-state index in [9.17, 15) is 9.59 Å². The van der Waals surface area contributed by atoms with Gasteiger partial charge in [-0.1, -0.05) is 0 Å². The molecule has 1 aliphatic heterocycles. The second-order valence-corrected chi connectivity index (χ2v) is 6.06. The second-order valence-electron chi connectivity index (χ2n) is 4.90. The number of Topliss-reactive ketones (excluding diaryl/α,β-unsaturated/α-hetero) is 1. The predicted molar refractivity (Wildman–Crippen MR) is 82.9 cm³/mol. The first kappa shape index (κ1) is 14.6. The Morgan fingerprint density at radius 1 is 1.18 bits per heavy atom. The van der Waals surface area contributed by atoms with E-state index in [0.29, 0.717) is 30.0 Å². The largest absolute Gasteiger partial charge is 0.454 e. The van der Waals surface area contributed by atoms with Gasteiger partial charge in [0.1, 0.15) is 0 Å². The van der Waals surface area contributed by atoms with Gasteiger partial charge < -0.3 is 14.8 Å². The van der Waals surface area contributed by atoms with Crippen LogP contribution in [0.4, 0.5) is 0 Å². The number of ether oxygens (including phenoxy) is 2. The molecule has 6 heteroatoms. The smallest absolute Gasteiger partial charge is 0.251 e. The van der Waals surface area contributed by atoms with Crippen LogP contribution >= 0.6 is 11.3 Å². The lowest BCUT2D eigenvalue weighted by molar-refractivity contribution is 0.0952. The summed E-state index contributed by atoms with van der Waals surface area (Å²) in [7, 11) is 0. The Bertz CT molecular complexity index is 723. The lowest BCUT2D eigenvalue weighted by Gasteiger charge is -2.05. The van der Waals surface area contributed by atoms with Crippen LogP contribution in [-0.2, 0) is 6.42 Å². The highest BCUT2D eigenvalue weighted by atomic mass is 32.1. The van der Waals surface area contributed by atoms with E-state index in [2.05, 4.69) is 5.32 Å². The highest BCUT2D eigenvalue weighted by Crippen LogP contribution is 2.32. The van der Waals surface area contributed by atoms with Gasteiger partial charge in [0, 0.05) is 17.0 Å². The van der Waals surface area contributed by atoms with Gasteiger partial charge in [-0.2, -0.15) is 0 Å². The van der Waals surface area contributed by atoms with Crippen molar-refractivity contribution in [3.8, 4) is 11.5 Å². The van der Waals surface area contributed by atoms with E-state index < -0.39 is 0 Å². The molecule has 0 aliphatic carbocycles. The molecular formula is C16H15NO4S. The standard InChI is InChI=1S/C16H15NO4S/c1-10(18)15-5-3-12(22-15)6-7-17-16(19)11-2-4-13-14(8-11)21-9-20-13/h2-5,8H,6-7,9H2,1H3,(H,17,19). The highest BCUT2D eigenvalue weighted by Gasteiger charge is 2.16. The first-order valence-electron chi connectivity index (χ1n) is 6.91. The second kappa shape index (κ2) is 6.19. The van der Waals surface area contributed by atoms with E-state index >= 15 is 0 Å². The number of carbonyl (C=O) groups is 2. The van der Waals surface area contributed by atoms with Crippen molar-refractivity contribution in [1.82, 2.24) is 5.32 Å². The van der Waals surface area contributed by atoms with Crippen molar-refractivity contribution in [3.05, 3.63) is 45.6 Å². The fourth-order valence-corrected chi connectivity index (χ4v) is 3.04. The molecule has 1 N–H and O–H groups in total. The number of carbonyl (C=O) groups excluding carboxylic acids is 2. The third-order valence-corrected chi connectivity index (χ3v) is 4.55. The van der Waals surface area contributed by atoms with Crippen molar-refractivity contribution in [2.75, 3.05) is 13.3 Å². The summed E-state index contributed by atoms with van der Waals surface area (Å²) in [6.07, 6.45) is 0.703. The van der Waals surface area contributed by atoms with Crippen molar-refractivity contribution in [2.45, 2.75) is 13.3 Å². The van der Waals surface area contributed by atoms with Gasteiger partial charge in [0.2, 0.25) is 6.79 Å². The van der Waals surface area contributed by atoms with Crippen LogP contribution in [-0.4, -0.2) is 25.0 Å². The first-order chi connectivity index (χ1) is 10.6. The maximum Gasteiger partial charge on any atom is 0.251 e. The molecule has 0 saturated carbocycles. The maximum atomic E-state index is 12.1. The van der Waals surface area contributed by atoms with Gasteiger partial charge >= 0.3 is 0 Å². The number of rotatable bonds is 5. The lowest BCUT2D eigenvalue weighted by atomic mass is 10.2. The molecular weight excluding hydrogens is 302 g/mol. The van der Waals surface area contributed by atoms with Crippen LogP contribution in [0.2, 0.25) is 0 Å². The normalized spacial score (nSPS) is 12.2. The van der Waals surface area contributed by atoms with Crippen molar-refractivity contribution >= 4 is 23.0 Å². The van der Waals surface area contributed by atoms with E-state index in [1.54, 1.807) is 25.1 Å². The number of hydrogen-bond donors (Lipinski definition) is 1. The number of amides is 1. The summed E-state index contributed by atoms with van der Waals surface area (Å²) >= 11 is 1.47. The summed E-state index contributed by atoms with van der Waals surface area (Å²) in [5.41, 5.74) is 0.542. The number of hydrogen-bond acceptors (Lipinski definition) is 5. The monoisotopic (exact) mass is 317 g/mol. The number of benzene rings is 1. The number of ketones is 1. The quantitative estimate of drug-likeness (QED) is 0.861. The van der Waals surface area contributed by atoms with Crippen molar-refractivity contribution in [1.29, 1.82) is 0 Å². The van der Waals surface area contributed by atoms with Crippen LogP contribution in [0, 0.1) is 0 Å². The van der Waals surface area contributed by atoms with Crippen LogP contribution in [0.1, 0.15) is 31.8 Å². The average Bonchev–Trinajstić information content (AvgIpc) is 3.15. The van der Waals surface area contributed by atoms with Gasteiger partial charge in [-0.15, -0.1) is 11.3 Å². The Hall–Kier alpha value is -2.34. The van der Waals surface area contributed by atoms with Crippen LogP contribution in [0.15, 0.2) is 30.3 Å². The number of fused-ring (bicyclic) bond motifs is 1. The SMILES string of the molecule is CC(=O)c1ccc(CCNC(=O)c2ccc3c(c2)OCO3)s1. The van der Waals surface area contributed by atoms with Gasteiger partial charge in [0.05, 0.1) is 4.88 Å². The van der Waals surface area contributed by atoms with E-state index in [4.69, 9.17) is 9.47 Å². The Balaban J connectivity index is 1.54. The molecule has 0 saturated heterocycles. The van der Waals surface area contributed by atoms with Crippen LogP contribution in [0.5, 0.6) is 11.5 Å². The minimum Gasteiger partial charge on any atom is -0.454 e. The lowest BCUT2D eigenvalue weighted by Crippen LogP contribution is -2.25. The zero-order valence-electron chi connectivity index (χ0n) is 12.0. The van der Waals surface area contributed by atoms with Crippen molar-refractivity contribution in [3.63, 3.8) is 0 Å². The first-order valence-corrected chi connectivity index (χ1v) is 7.72. The summed E-state index contributed by atoms with van der Waals surface area (Å²) in [6, 6.07) is 8.87. The molecule has 1 amide bonds. The van der Waals surface area contributed by atoms with E-state index in [1.165, 1.54) is 11.3 Å². The minimum atomic E-state index is -0.151. The van der Waals surface area contributed by atoms with Crippen molar-refractivity contribution < 1.29 is 19.1 Å². The number of nitrogens with one attached hydrogen (secondary N) is 1. The molecule has 0 bridgehead atoms. The molecule has 1 aliphatic rings. The summed E-state index contributed by atoms with van der Waals surface area (Å²) in [6.45, 7) is 2.26. The summed E-state index contributed by atoms with van der Waals surface area (Å²) in [5, 5.41) is 2.86. The molecule has 22 heavy (non-hydrogen) atoms. The molecule has 0 unspecified atom stereocenters. The zero-order valence-corrected chi connectivity index (χ0v) is 12.9. The van der Waals surface area contributed by atoms with Gasteiger partial charge in [0.25, 0.3) is 5.91 Å². The van der Waals surface area contributed by atoms with E-state index in [-0.39, 0.29) is 18.5 Å². The Morgan fingerprint density at radius 3 is 2.77 bits per heavy atom. The zero-order chi connectivity index (χ0) is 15.5. The maximum absolute atomic E-state index is 12.1. The van der Waals surface area contributed by atoms with E-state index in [0.717, 1.165) is 9.75 Å². The molecule has 1 aromatic carbocycles. The molecule has 0 spiro atoms. The molecule has 0 atom stereocenters.